The molecule has 0 fully saturated rings. The van der Waals surface area contributed by atoms with Crippen LogP contribution >= 0.6 is 11.3 Å². The Morgan fingerprint density at radius 3 is 2.75 bits per heavy atom. The lowest BCUT2D eigenvalue weighted by Crippen LogP contribution is -2.29. The van der Waals surface area contributed by atoms with Crippen molar-refractivity contribution < 1.29 is 9.53 Å². The number of hydrazine groups is 1. The summed E-state index contributed by atoms with van der Waals surface area (Å²) in [5.74, 6) is 5.48. The van der Waals surface area contributed by atoms with E-state index in [1.807, 2.05) is 13.0 Å². The van der Waals surface area contributed by atoms with E-state index in [1.54, 1.807) is 30.3 Å². The zero-order valence-electron chi connectivity index (χ0n) is 10.8. The van der Waals surface area contributed by atoms with Gasteiger partial charge < -0.3 is 4.74 Å². The van der Waals surface area contributed by atoms with E-state index in [0.717, 1.165) is 10.4 Å². The van der Waals surface area contributed by atoms with Crippen molar-refractivity contribution in [3.63, 3.8) is 0 Å². The Bertz CT molecular complexity index is 656. The number of hydrogen-bond donors (Lipinski definition) is 2. The molecule has 1 aromatic carbocycles. The smallest absolute Gasteiger partial charge is 0.275 e. The van der Waals surface area contributed by atoms with Crippen LogP contribution in [0.25, 0.3) is 0 Å². The maximum absolute atomic E-state index is 11.4. The number of nitrogens with two attached hydrogens (primary N) is 1. The molecule has 0 saturated heterocycles. The molecule has 3 N–H and O–H groups in total. The number of nitrogen functional groups attached to an aromatic ring is 1. The number of rotatable bonds is 4. The number of carbonyl (C=O) groups excluding carboxylic acids is 1. The average molecular weight is 287 g/mol. The monoisotopic (exact) mass is 287 g/mol. The van der Waals surface area contributed by atoms with Crippen LogP contribution in [0.4, 0.5) is 0 Å². The van der Waals surface area contributed by atoms with Crippen molar-refractivity contribution in [3.8, 4) is 11.8 Å². The van der Waals surface area contributed by atoms with Crippen LogP contribution in [0.5, 0.6) is 5.75 Å². The molecule has 0 aliphatic rings. The van der Waals surface area contributed by atoms with Crippen molar-refractivity contribution in [2.75, 3.05) is 0 Å². The van der Waals surface area contributed by atoms with Crippen molar-refractivity contribution in [1.29, 1.82) is 5.26 Å². The SMILES string of the molecule is Cc1sc(C(=O)NN)cc1COc1ccc(C#N)cc1. The molecule has 0 aliphatic heterocycles. The number of ether oxygens (including phenoxy) is 1. The normalized spacial score (nSPS) is 9.85. The second kappa shape index (κ2) is 6.19. The van der Waals surface area contributed by atoms with Gasteiger partial charge in [-0.15, -0.1) is 11.3 Å². The second-order valence-electron chi connectivity index (χ2n) is 4.09. The quantitative estimate of drug-likeness (QED) is 0.512. The summed E-state index contributed by atoms with van der Waals surface area (Å²) in [5.41, 5.74) is 3.64. The number of hydrogen-bond acceptors (Lipinski definition) is 5. The van der Waals surface area contributed by atoms with Crippen LogP contribution in [0.2, 0.25) is 0 Å². The van der Waals surface area contributed by atoms with E-state index in [9.17, 15) is 4.79 Å². The van der Waals surface area contributed by atoms with Crippen LogP contribution in [0.1, 0.15) is 25.7 Å². The summed E-state index contributed by atoms with van der Waals surface area (Å²) in [6.45, 7) is 2.29. The fourth-order valence-electron chi connectivity index (χ4n) is 1.63. The zero-order valence-corrected chi connectivity index (χ0v) is 11.7. The minimum atomic E-state index is -0.303. The molecule has 0 bridgehead atoms. The van der Waals surface area contributed by atoms with Gasteiger partial charge in [-0.2, -0.15) is 5.26 Å². The Balaban J connectivity index is 2.05. The predicted octanol–water partition coefficient (Wildman–Crippen LogP) is 2.11. The minimum absolute atomic E-state index is 0.303. The molecule has 0 saturated carbocycles. The average Bonchev–Trinajstić information content (AvgIpc) is 2.86. The summed E-state index contributed by atoms with van der Waals surface area (Å²) in [5, 5.41) is 8.71. The number of nitriles is 1. The molecule has 2 aromatic rings. The highest BCUT2D eigenvalue weighted by molar-refractivity contribution is 7.14. The number of thiophene rings is 1. The molecule has 0 radical (unpaired) electrons. The largest absolute Gasteiger partial charge is 0.489 e. The molecule has 0 atom stereocenters. The Morgan fingerprint density at radius 1 is 1.45 bits per heavy atom. The number of carbonyl (C=O) groups is 1. The van der Waals surface area contributed by atoms with Crippen LogP contribution < -0.4 is 16.0 Å². The van der Waals surface area contributed by atoms with Crippen molar-refractivity contribution in [1.82, 2.24) is 5.43 Å². The molecule has 0 unspecified atom stereocenters. The number of nitrogens with one attached hydrogen (secondary N) is 1. The summed E-state index contributed by atoms with van der Waals surface area (Å²) < 4.78 is 5.63. The predicted molar refractivity (Wildman–Crippen MR) is 76.2 cm³/mol. The Kier molecular flexibility index (Phi) is 4.35. The van der Waals surface area contributed by atoms with Crippen molar-refractivity contribution in [3.05, 3.63) is 51.2 Å². The standard InChI is InChI=1S/C14H13N3O2S/c1-9-11(6-13(20-9)14(18)17-16)8-19-12-4-2-10(7-15)3-5-12/h2-6H,8,16H2,1H3,(H,17,18). The molecule has 0 spiro atoms. The molecule has 1 heterocycles. The molecule has 1 aromatic heterocycles. The van der Waals surface area contributed by atoms with Gasteiger partial charge in [0, 0.05) is 10.4 Å². The topological polar surface area (TPSA) is 88.1 Å². The van der Waals surface area contributed by atoms with Gasteiger partial charge >= 0.3 is 0 Å². The van der Waals surface area contributed by atoms with Gasteiger partial charge in [0.05, 0.1) is 16.5 Å². The van der Waals surface area contributed by atoms with Gasteiger partial charge in [-0.05, 0) is 37.3 Å². The van der Waals surface area contributed by atoms with Crippen molar-refractivity contribution in [2.45, 2.75) is 13.5 Å². The Morgan fingerprint density at radius 2 is 2.15 bits per heavy atom. The molecule has 20 heavy (non-hydrogen) atoms. The maximum atomic E-state index is 11.4. The number of amides is 1. The Labute approximate surface area is 120 Å². The first kappa shape index (κ1) is 14.1. The summed E-state index contributed by atoms with van der Waals surface area (Å²) >= 11 is 1.37. The molecule has 6 heteroatoms. The van der Waals surface area contributed by atoms with Crippen molar-refractivity contribution >= 4 is 17.2 Å². The highest BCUT2D eigenvalue weighted by Crippen LogP contribution is 2.23. The molecular weight excluding hydrogens is 274 g/mol. The van der Waals surface area contributed by atoms with Crippen LogP contribution in [-0.4, -0.2) is 5.91 Å². The maximum Gasteiger partial charge on any atom is 0.275 e. The van der Waals surface area contributed by atoms with Crippen molar-refractivity contribution in [2.24, 2.45) is 5.84 Å². The number of nitrogens with zero attached hydrogens (tertiary/aromatic N) is 1. The second-order valence-corrected chi connectivity index (χ2v) is 5.35. The highest BCUT2D eigenvalue weighted by atomic mass is 32.1. The van der Waals surface area contributed by atoms with Crippen LogP contribution in [0.15, 0.2) is 30.3 Å². The van der Waals surface area contributed by atoms with Gasteiger partial charge in [-0.1, -0.05) is 0 Å². The van der Waals surface area contributed by atoms with Gasteiger partial charge in [-0.25, -0.2) is 5.84 Å². The fourth-order valence-corrected chi connectivity index (χ4v) is 2.56. The van der Waals surface area contributed by atoms with E-state index in [4.69, 9.17) is 15.8 Å². The lowest BCUT2D eigenvalue weighted by Gasteiger charge is -2.05. The first-order valence-corrected chi connectivity index (χ1v) is 6.69. The summed E-state index contributed by atoms with van der Waals surface area (Å²) in [4.78, 5) is 13.0. The third-order valence-electron chi connectivity index (χ3n) is 2.75. The third kappa shape index (κ3) is 3.15. The highest BCUT2D eigenvalue weighted by Gasteiger charge is 2.11. The van der Waals surface area contributed by atoms with Gasteiger partial charge in [-0.3, -0.25) is 10.2 Å². The lowest BCUT2D eigenvalue weighted by molar-refractivity contribution is 0.0957. The zero-order chi connectivity index (χ0) is 14.5. The van der Waals surface area contributed by atoms with Gasteiger partial charge in [0.15, 0.2) is 0 Å². The van der Waals surface area contributed by atoms with Gasteiger partial charge in [0.25, 0.3) is 5.91 Å². The molecule has 102 valence electrons. The van der Waals surface area contributed by atoms with E-state index in [0.29, 0.717) is 22.8 Å². The van der Waals surface area contributed by atoms with Gasteiger partial charge in [0.2, 0.25) is 0 Å². The number of benzene rings is 1. The van der Waals surface area contributed by atoms with E-state index in [1.165, 1.54) is 11.3 Å². The minimum Gasteiger partial charge on any atom is -0.489 e. The first-order valence-electron chi connectivity index (χ1n) is 5.87. The lowest BCUT2D eigenvalue weighted by atomic mass is 10.2. The molecule has 0 aliphatic carbocycles. The number of aryl methyl sites for hydroxylation is 1. The van der Waals surface area contributed by atoms with Crippen LogP contribution in [-0.2, 0) is 6.61 Å². The van der Waals surface area contributed by atoms with Crippen LogP contribution in [0, 0.1) is 18.3 Å². The molecule has 2 rings (SSSR count). The first-order chi connectivity index (χ1) is 9.63. The van der Waals surface area contributed by atoms with E-state index in [2.05, 4.69) is 5.43 Å². The molecule has 1 amide bonds. The fraction of sp³-hybridized carbons (Fsp3) is 0.143. The molecular formula is C14H13N3O2S. The summed E-state index contributed by atoms with van der Waals surface area (Å²) in [7, 11) is 0. The van der Waals surface area contributed by atoms with E-state index < -0.39 is 0 Å². The summed E-state index contributed by atoms with van der Waals surface area (Å²) in [6.07, 6.45) is 0. The summed E-state index contributed by atoms with van der Waals surface area (Å²) in [6, 6.07) is 10.7. The molecule has 5 nitrogen and oxygen atoms in total. The van der Waals surface area contributed by atoms with E-state index in [-0.39, 0.29) is 5.91 Å². The van der Waals surface area contributed by atoms with Crippen LogP contribution in [0.3, 0.4) is 0 Å². The van der Waals surface area contributed by atoms with E-state index >= 15 is 0 Å². The third-order valence-corrected chi connectivity index (χ3v) is 3.84. The Hall–Kier alpha value is -2.36. The van der Waals surface area contributed by atoms with Gasteiger partial charge in [0.1, 0.15) is 12.4 Å².